The van der Waals surface area contributed by atoms with Gasteiger partial charge in [0.15, 0.2) is 0 Å². The van der Waals surface area contributed by atoms with Crippen molar-refractivity contribution in [1.29, 1.82) is 0 Å². The molecule has 6 nitrogen and oxygen atoms in total. The Morgan fingerprint density at radius 2 is 1.80 bits per heavy atom. The van der Waals surface area contributed by atoms with Gasteiger partial charge in [0.2, 0.25) is 5.82 Å². The number of benzene rings is 2. The molecular formula is C20H20F3N3O3S. The number of carbonyl (C=O) groups excluding carboxylic acids is 1. The van der Waals surface area contributed by atoms with Crippen molar-refractivity contribution in [3.05, 3.63) is 59.4 Å². The van der Waals surface area contributed by atoms with Crippen molar-refractivity contribution in [2.45, 2.75) is 23.5 Å². The minimum atomic E-state index is -4.63. The second-order valence-electron chi connectivity index (χ2n) is 6.62. The number of nitrogens with one attached hydrogen (secondary N) is 2. The number of imidazole rings is 1. The van der Waals surface area contributed by atoms with Crippen molar-refractivity contribution in [2.75, 3.05) is 19.0 Å². The first-order valence-electron chi connectivity index (χ1n) is 9.07. The lowest BCUT2D eigenvalue weighted by Crippen LogP contribution is -2.51. The van der Waals surface area contributed by atoms with E-state index in [0.29, 0.717) is 5.56 Å². The molecule has 1 aromatic heterocycles. The predicted molar refractivity (Wildman–Crippen MR) is 107 cm³/mol. The molecule has 4 N–H and O–H groups in total. The van der Waals surface area contributed by atoms with E-state index in [0.717, 1.165) is 10.6 Å². The molecule has 0 aliphatic heterocycles. The number of aliphatic hydroxyl groups is 2. The number of thioether (sulfide) groups is 1. The first kappa shape index (κ1) is 22.1. The molecule has 0 aliphatic carbocycles. The molecule has 0 saturated heterocycles. The van der Waals surface area contributed by atoms with E-state index in [-0.39, 0.29) is 16.6 Å². The topological polar surface area (TPSA) is 98.2 Å². The summed E-state index contributed by atoms with van der Waals surface area (Å²) in [5.41, 5.74) is -0.771. The highest BCUT2D eigenvalue weighted by atomic mass is 32.2. The molecule has 3 aromatic rings. The highest BCUT2D eigenvalue weighted by Gasteiger charge is 2.35. The quantitative estimate of drug-likeness (QED) is 0.424. The summed E-state index contributed by atoms with van der Waals surface area (Å²) in [7, 11) is 0. The molecule has 0 fully saturated rings. The number of hydrogen-bond donors (Lipinski definition) is 4. The Balaban J connectivity index is 1.89. The molecule has 0 atom stereocenters. The molecule has 160 valence electrons. The number of amides is 1. The molecule has 3 rings (SSSR count). The summed E-state index contributed by atoms with van der Waals surface area (Å²) in [5.74, 6) is -0.928. The Labute approximate surface area is 174 Å². The number of aliphatic hydroxyl groups excluding tert-OH is 2. The van der Waals surface area contributed by atoms with Gasteiger partial charge in [0.05, 0.1) is 24.2 Å². The average molecular weight is 439 g/mol. The maximum atomic E-state index is 12.8. The van der Waals surface area contributed by atoms with Crippen LogP contribution < -0.4 is 5.32 Å². The van der Waals surface area contributed by atoms with Crippen LogP contribution in [-0.4, -0.2) is 45.1 Å². The third kappa shape index (κ3) is 4.45. The lowest BCUT2D eigenvalue weighted by Gasteiger charge is -2.31. The lowest BCUT2D eigenvalue weighted by molar-refractivity contribution is -0.144. The standard InChI is InChI=1S/C20H20F3N3O3S/c1-2-30-14-6-4-13(5-7-14)19(10-27,11-28)26-17(29)12-3-8-15-16(9-12)25-18(24-15)20(21,22)23/h3-9,27-28H,2,10-11H2,1H3,(H,24,25)(H,26,29). The molecule has 0 bridgehead atoms. The molecular weight excluding hydrogens is 419 g/mol. The fourth-order valence-corrected chi connectivity index (χ4v) is 3.66. The first-order chi connectivity index (χ1) is 14.2. The van der Waals surface area contributed by atoms with E-state index in [9.17, 15) is 28.2 Å². The van der Waals surface area contributed by atoms with E-state index < -0.39 is 36.7 Å². The predicted octanol–water partition coefficient (Wildman–Crippen LogP) is 3.30. The van der Waals surface area contributed by atoms with Gasteiger partial charge in [0.1, 0.15) is 5.54 Å². The summed E-state index contributed by atoms with van der Waals surface area (Å²) >= 11 is 1.62. The van der Waals surface area contributed by atoms with Crippen molar-refractivity contribution in [2.24, 2.45) is 0 Å². The first-order valence-corrected chi connectivity index (χ1v) is 10.1. The van der Waals surface area contributed by atoms with Gasteiger partial charge in [-0.3, -0.25) is 4.79 Å². The van der Waals surface area contributed by atoms with E-state index in [1.807, 2.05) is 19.1 Å². The number of aromatic amines is 1. The maximum Gasteiger partial charge on any atom is 0.449 e. The number of carbonyl (C=O) groups is 1. The average Bonchev–Trinajstić information content (AvgIpc) is 3.17. The summed E-state index contributed by atoms with van der Waals surface area (Å²) in [6.45, 7) is 0.874. The Bertz CT molecular complexity index is 1030. The smallest absolute Gasteiger partial charge is 0.393 e. The minimum Gasteiger partial charge on any atom is -0.393 e. The van der Waals surface area contributed by atoms with Crippen LogP contribution in [0.5, 0.6) is 0 Å². The van der Waals surface area contributed by atoms with Crippen LogP contribution >= 0.6 is 11.8 Å². The molecule has 0 aliphatic rings. The van der Waals surface area contributed by atoms with Crippen LogP contribution in [0.1, 0.15) is 28.7 Å². The third-order valence-corrected chi connectivity index (χ3v) is 5.52. The Hall–Kier alpha value is -2.56. The molecule has 0 radical (unpaired) electrons. The van der Waals surface area contributed by atoms with Gasteiger partial charge in [-0.25, -0.2) is 4.98 Å². The van der Waals surface area contributed by atoms with E-state index >= 15 is 0 Å². The zero-order chi connectivity index (χ0) is 21.9. The van der Waals surface area contributed by atoms with Gasteiger partial charge in [-0.05, 0) is 41.6 Å². The maximum absolute atomic E-state index is 12.8. The largest absolute Gasteiger partial charge is 0.449 e. The zero-order valence-corrected chi connectivity index (χ0v) is 16.8. The monoisotopic (exact) mass is 439 g/mol. The van der Waals surface area contributed by atoms with Crippen molar-refractivity contribution in [1.82, 2.24) is 15.3 Å². The minimum absolute atomic E-state index is 0.0505. The number of rotatable bonds is 7. The summed E-state index contributed by atoms with van der Waals surface area (Å²) in [6.07, 6.45) is -4.63. The van der Waals surface area contributed by atoms with Gasteiger partial charge >= 0.3 is 6.18 Å². The van der Waals surface area contributed by atoms with E-state index in [2.05, 4.69) is 15.3 Å². The van der Waals surface area contributed by atoms with E-state index in [1.54, 1.807) is 23.9 Å². The van der Waals surface area contributed by atoms with Gasteiger partial charge < -0.3 is 20.5 Å². The molecule has 0 saturated carbocycles. The Morgan fingerprint density at radius 1 is 1.13 bits per heavy atom. The Morgan fingerprint density at radius 3 is 2.37 bits per heavy atom. The lowest BCUT2D eigenvalue weighted by atomic mass is 9.91. The fraction of sp³-hybridized carbons (Fsp3) is 0.300. The second-order valence-corrected chi connectivity index (χ2v) is 7.96. The van der Waals surface area contributed by atoms with Crippen LogP contribution in [0.25, 0.3) is 11.0 Å². The highest BCUT2D eigenvalue weighted by molar-refractivity contribution is 7.99. The molecule has 0 spiro atoms. The second kappa shape index (κ2) is 8.66. The number of fused-ring (bicyclic) bond motifs is 1. The number of alkyl halides is 3. The van der Waals surface area contributed by atoms with Crippen LogP contribution in [0.3, 0.4) is 0 Å². The fourth-order valence-electron chi connectivity index (χ4n) is 3.00. The number of H-pyrrole nitrogens is 1. The molecule has 10 heteroatoms. The molecule has 1 amide bonds. The molecule has 2 aromatic carbocycles. The molecule has 0 unspecified atom stereocenters. The van der Waals surface area contributed by atoms with Gasteiger partial charge in [0, 0.05) is 10.5 Å². The number of hydrogen-bond acceptors (Lipinski definition) is 5. The normalized spacial score (nSPS) is 12.3. The number of nitrogens with zero attached hydrogens (tertiary/aromatic N) is 1. The van der Waals surface area contributed by atoms with Gasteiger partial charge in [-0.1, -0.05) is 19.1 Å². The van der Waals surface area contributed by atoms with Gasteiger partial charge in [0.25, 0.3) is 5.91 Å². The van der Waals surface area contributed by atoms with Crippen molar-refractivity contribution in [3.8, 4) is 0 Å². The SMILES string of the molecule is CCSc1ccc(C(CO)(CO)NC(=O)c2ccc3nc(C(F)(F)F)[nH]c3c2)cc1. The van der Waals surface area contributed by atoms with Gasteiger partial charge in [-0.15, -0.1) is 11.8 Å². The van der Waals surface area contributed by atoms with Gasteiger partial charge in [-0.2, -0.15) is 13.2 Å². The molecule has 1 heterocycles. The van der Waals surface area contributed by atoms with Crippen LogP contribution in [0.15, 0.2) is 47.4 Å². The summed E-state index contributed by atoms with van der Waals surface area (Å²) < 4.78 is 38.5. The van der Waals surface area contributed by atoms with E-state index in [4.69, 9.17) is 0 Å². The molecule has 30 heavy (non-hydrogen) atoms. The van der Waals surface area contributed by atoms with Crippen LogP contribution in [0.4, 0.5) is 13.2 Å². The van der Waals surface area contributed by atoms with Crippen molar-refractivity contribution < 1.29 is 28.2 Å². The number of halogens is 3. The summed E-state index contributed by atoms with van der Waals surface area (Å²) in [6, 6.07) is 10.9. The highest BCUT2D eigenvalue weighted by Crippen LogP contribution is 2.29. The number of aromatic nitrogens is 2. The van der Waals surface area contributed by atoms with Crippen LogP contribution in [0, 0.1) is 0 Å². The van der Waals surface area contributed by atoms with Crippen LogP contribution in [0.2, 0.25) is 0 Å². The van der Waals surface area contributed by atoms with Crippen molar-refractivity contribution >= 4 is 28.7 Å². The third-order valence-electron chi connectivity index (χ3n) is 4.62. The zero-order valence-electron chi connectivity index (χ0n) is 16.0. The van der Waals surface area contributed by atoms with Crippen molar-refractivity contribution in [3.63, 3.8) is 0 Å². The van der Waals surface area contributed by atoms with E-state index in [1.165, 1.54) is 18.2 Å². The Kier molecular flexibility index (Phi) is 6.39. The summed E-state index contributed by atoms with van der Waals surface area (Å²) in [5, 5.41) is 22.5. The van der Waals surface area contributed by atoms with Crippen LogP contribution in [-0.2, 0) is 11.7 Å². The summed E-state index contributed by atoms with van der Waals surface area (Å²) in [4.78, 5) is 19.4.